The van der Waals surface area contributed by atoms with E-state index in [-0.39, 0.29) is 32.0 Å². The molecule has 0 saturated carbocycles. The number of nitrogens with zero attached hydrogens (tertiary/aromatic N) is 1. The van der Waals surface area contributed by atoms with Crippen LogP contribution in [-0.2, 0) is 14.6 Å². The highest BCUT2D eigenvalue weighted by Gasteiger charge is 2.22. The van der Waals surface area contributed by atoms with Crippen LogP contribution in [0.1, 0.15) is 49.4 Å². The average molecular weight is 436 g/mol. The van der Waals surface area contributed by atoms with Crippen LogP contribution in [0.3, 0.4) is 0 Å². The molecule has 8 heteroatoms. The van der Waals surface area contributed by atoms with E-state index in [1.807, 2.05) is 0 Å². The van der Waals surface area contributed by atoms with Gasteiger partial charge in [0.1, 0.15) is 0 Å². The smallest absolute Gasteiger partial charge is 0.179 e. The van der Waals surface area contributed by atoms with Crippen molar-refractivity contribution in [2.24, 2.45) is 0 Å². The van der Waals surface area contributed by atoms with Crippen molar-refractivity contribution < 1.29 is 17.9 Å². The predicted octanol–water partition coefficient (Wildman–Crippen LogP) is 4.25. The molecule has 2 rings (SSSR count). The topological polar surface area (TPSA) is 63.7 Å². The molecule has 0 radical (unpaired) electrons. The molecule has 0 aliphatic carbocycles. The fourth-order valence-electron chi connectivity index (χ4n) is 3.03. The fraction of sp³-hybridized carbons (Fsp3) is 0.632. The lowest BCUT2D eigenvalue weighted by molar-refractivity contribution is 0.0370. The molecule has 0 unspecified atom stereocenters. The van der Waals surface area contributed by atoms with Crippen molar-refractivity contribution in [2.45, 2.75) is 43.9 Å². The van der Waals surface area contributed by atoms with Gasteiger partial charge in [0, 0.05) is 31.6 Å². The Labute approximate surface area is 171 Å². The van der Waals surface area contributed by atoms with E-state index in [1.165, 1.54) is 12.1 Å². The zero-order valence-corrected chi connectivity index (χ0v) is 18.0. The fourth-order valence-corrected chi connectivity index (χ4v) is 5.34. The molecule has 152 valence electrons. The summed E-state index contributed by atoms with van der Waals surface area (Å²) in [6.45, 7) is 5.64. The molecule has 1 fully saturated rings. The molecule has 1 saturated heterocycles. The number of Topliss-reactive ketones (excluding diaryl/α,β-unsaturated/α-hetero) is 1. The van der Waals surface area contributed by atoms with E-state index >= 15 is 0 Å². The minimum atomic E-state index is -3.52. The van der Waals surface area contributed by atoms with E-state index in [9.17, 15) is 13.2 Å². The summed E-state index contributed by atoms with van der Waals surface area (Å²) >= 11 is 12.4. The molecule has 0 bridgehead atoms. The second kappa shape index (κ2) is 10.8. The van der Waals surface area contributed by atoms with Gasteiger partial charge in [-0.05, 0) is 18.6 Å². The lowest BCUT2D eigenvalue weighted by Gasteiger charge is -2.26. The average Bonchev–Trinajstić information content (AvgIpc) is 2.65. The van der Waals surface area contributed by atoms with Crippen molar-refractivity contribution >= 4 is 38.8 Å². The summed E-state index contributed by atoms with van der Waals surface area (Å²) < 4.78 is 30.4. The van der Waals surface area contributed by atoms with E-state index in [0.29, 0.717) is 32.6 Å². The molecule has 27 heavy (non-hydrogen) atoms. The quantitative estimate of drug-likeness (QED) is 0.405. The van der Waals surface area contributed by atoms with Gasteiger partial charge < -0.3 is 4.74 Å². The van der Waals surface area contributed by atoms with Crippen LogP contribution < -0.4 is 0 Å². The number of sulfone groups is 1. The van der Waals surface area contributed by atoms with Crippen molar-refractivity contribution in [3.05, 3.63) is 27.7 Å². The first-order valence-corrected chi connectivity index (χ1v) is 11.8. The summed E-state index contributed by atoms with van der Waals surface area (Å²) in [5.41, 5.74) is 0.278. The maximum Gasteiger partial charge on any atom is 0.179 e. The van der Waals surface area contributed by atoms with Gasteiger partial charge in [-0.3, -0.25) is 9.69 Å². The summed E-state index contributed by atoms with van der Waals surface area (Å²) in [6.07, 6.45) is 3.79. The number of rotatable bonds is 10. The second-order valence-electron chi connectivity index (χ2n) is 6.77. The molecule has 1 aliphatic heterocycles. The number of hydrogen-bond donors (Lipinski definition) is 0. The van der Waals surface area contributed by atoms with Gasteiger partial charge in [-0.2, -0.15) is 0 Å². The summed E-state index contributed by atoms with van der Waals surface area (Å²) in [5.74, 6) is -0.104. The first kappa shape index (κ1) is 22.6. The number of halogens is 2. The highest BCUT2D eigenvalue weighted by Crippen LogP contribution is 2.30. The number of carbonyl (C=O) groups is 1. The number of hydrogen-bond acceptors (Lipinski definition) is 5. The van der Waals surface area contributed by atoms with Gasteiger partial charge in [0.25, 0.3) is 0 Å². The van der Waals surface area contributed by atoms with Crippen LogP contribution in [-0.4, -0.2) is 57.7 Å². The first-order valence-electron chi connectivity index (χ1n) is 9.40. The van der Waals surface area contributed by atoms with Crippen molar-refractivity contribution in [2.75, 3.05) is 38.6 Å². The maximum atomic E-state index is 12.5. The Morgan fingerprint density at radius 1 is 1.11 bits per heavy atom. The van der Waals surface area contributed by atoms with Gasteiger partial charge in [0.2, 0.25) is 0 Å². The Balaban J connectivity index is 2.05. The molecule has 5 nitrogen and oxygen atoms in total. The summed E-state index contributed by atoms with van der Waals surface area (Å²) in [5, 5.41) is 0.197. The second-order valence-corrected chi connectivity index (χ2v) is 9.66. The molecule has 0 atom stereocenters. The number of unbranched alkanes of at least 4 members (excludes halogenated alkanes) is 3. The number of benzene rings is 1. The highest BCUT2D eigenvalue weighted by atomic mass is 35.5. The first-order chi connectivity index (χ1) is 12.8. The number of morpholine rings is 1. The number of carbonyl (C=O) groups excluding carboxylic acids is 1. The van der Waals surface area contributed by atoms with Gasteiger partial charge >= 0.3 is 0 Å². The van der Waals surface area contributed by atoms with Crippen molar-refractivity contribution in [1.82, 2.24) is 4.90 Å². The van der Waals surface area contributed by atoms with Crippen LogP contribution in [0.15, 0.2) is 17.0 Å². The van der Waals surface area contributed by atoms with E-state index < -0.39 is 9.84 Å². The third-order valence-corrected chi connectivity index (χ3v) is 7.25. The van der Waals surface area contributed by atoms with Crippen LogP contribution in [0.2, 0.25) is 10.0 Å². The molecule has 1 aromatic carbocycles. The van der Waals surface area contributed by atoms with Gasteiger partial charge in [-0.25, -0.2) is 8.42 Å². The van der Waals surface area contributed by atoms with E-state index in [2.05, 4.69) is 11.8 Å². The van der Waals surface area contributed by atoms with Gasteiger partial charge in [0.05, 0.1) is 33.9 Å². The zero-order valence-electron chi connectivity index (χ0n) is 15.7. The minimum absolute atomic E-state index is 0.00962. The van der Waals surface area contributed by atoms with Crippen LogP contribution in [0.5, 0.6) is 0 Å². The Kier molecular flexibility index (Phi) is 9.02. The number of ether oxygens (including phenoxy) is 1. The third-order valence-electron chi connectivity index (χ3n) is 4.68. The zero-order chi connectivity index (χ0) is 19.9. The number of ketones is 1. The standard InChI is InChI=1S/C19H27Cl2NO4S/c1-2-3-4-5-12-27(24,25)19-14-16(20)15(13-17(19)21)18(23)6-7-22-8-10-26-11-9-22/h13-14H,2-12H2,1H3. The Bertz CT molecular complexity index is 746. The molecule has 0 N–H and O–H groups in total. The SMILES string of the molecule is CCCCCCS(=O)(=O)c1cc(Cl)c(C(=O)CCN2CCOCC2)cc1Cl. The minimum Gasteiger partial charge on any atom is -0.379 e. The molecule has 1 heterocycles. The predicted molar refractivity (Wildman–Crippen MR) is 109 cm³/mol. The molecule has 0 amide bonds. The van der Waals surface area contributed by atoms with E-state index in [0.717, 1.165) is 32.4 Å². The normalized spacial score (nSPS) is 15.8. The third kappa shape index (κ3) is 6.71. The van der Waals surface area contributed by atoms with Crippen LogP contribution in [0.4, 0.5) is 0 Å². The lowest BCUT2D eigenvalue weighted by atomic mass is 10.1. The van der Waals surface area contributed by atoms with Gasteiger partial charge in [-0.1, -0.05) is 49.4 Å². The van der Waals surface area contributed by atoms with Gasteiger partial charge in [0.15, 0.2) is 15.6 Å². The Hall–Kier alpha value is -0.660. The van der Waals surface area contributed by atoms with Crippen LogP contribution in [0.25, 0.3) is 0 Å². The van der Waals surface area contributed by atoms with Crippen LogP contribution in [0, 0.1) is 0 Å². The highest BCUT2D eigenvalue weighted by molar-refractivity contribution is 7.91. The van der Waals surface area contributed by atoms with Gasteiger partial charge in [-0.15, -0.1) is 0 Å². The van der Waals surface area contributed by atoms with Crippen molar-refractivity contribution in [3.63, 3.8) is 0 Å². The summed E-state index contributed by atoms with van der Waals surface area (Å²) in [6, 6.07) is 2.71. The molecule has 1 aliphatic rings. The summed E-state index contributed by atoms with van der Waals surface area (Å²) in [4.78, 5) is 14.7. The Morgan fingerprint density at radius 3 is 2.48 bits per heavy atom. The van der Waals surface area contributed by atoms with Crippen molar-refractivity contribution in [1.29, 1.82) is 0 Å². The molecule has 0 aromatic heterocycles. The van der Waals surface area contributed by atoms with E-state index in [1.54, 1.807) is 0 Å². The molecular weight excluding hydrogens is 409 g/mol. The molecular formula is C19H27Cl2NO4S. The van der Waals surface area contributed by atoms with Crippen LogP contribution >= 0.6 is 23.2 Å². The maximum absolute atomic E-state index is 12.5. The van der Waals surface area contributed by atoms with E-state index in [4.69, 9.17) is 27.9 Å². The Morgan fingerprint density at radius 2 is 1.81 bits per heavy atom. The van der Waals surface area contributed by atoms with Crippen molar-refractivity contribution in [3.8, 4) is 0 Å². The molecule has 0 spiro atoms. The largest absolute Gasteiger partial charge is 0.379 e. The summed E-state index contributed by atoms with van der Waals surface area (Å²) in [7, 11) is -3.52. The lowest BCUT2D eigenvalue weighted by Crippen LogP contribution is -2.37. The molecule has 1 aromatic rings. The monoisotopic (exact) mass is 435 g/mol.